The van der Waals surface area contributed by atoms with Gasteiger partial charge in [-0.2, -0.15) is 0 Å². The zero-order chi connectivity index (χ0) is 11.4. The van der Waals surface area contributed by atoms with Gasteiger partial charge >= 0.3 is 0 Å². The SMILES string of the molecule is CCc1c(N)ncnc1NC(C)C(C)C. The molecule has 3 N–H and O–H groups in total. The Morgan fingerprint density at radius 1 is 1.33 bits per heavy atom. The maximum atomic E-state index is 5.79. The molecule has 0 bridgehead atoms. The van der Waals surface area contributed by atoms with E-state index < -0.39 is 0 Å². The summed E-state index contributed by atoms with van der Waals surface area (Å²) in [4.78, 5) is 8.22. The van der Waals surface area contributed by atoms with Crippen LogP contribution in [0.3, 0.4) is 0 Å². The molecule has 1 aromatic heterocycles. The van der Waals surface area contributed by atoms with E-state index in [2.05, 4.69) is 43.0 Å². The molecule has 1 atom stereocenters. The molecule has 0 saturated carbocycles. The zero-order valence-corrected chi connectivity index (χ0v) is 9.91. The Morgan fingerprint density at radius 2 is 2.00 bits per heavy atom. The van der Waals surface area contributed by atoms with Crippen LogP contribution >= 0.6 is 0 Å². The summed E-state index contributed by atoms with van der Waals surface area (Å²) in [6.45, 7) is 8.55. The Labute approximate surface area is 91.3 Å². The molecule has 1 aromatic rings. The highest BCUT2D eigenvalue weighted by Gasteiger charge is 2.11. The highest BCUT2D eigenvalue weighted by atomic mass is 15.1. The second-order valence-electron chi connectivity index (χ2n) is 4.12. The molecule has 0 radical (unpaired) electrons. The van der Waals surface area contributed by atoms with Crippen LogP contribution in [0.4, 0.5) is 11.6 Å². The Balaban J connectivity index is 2.89. The molecule has 0 saturated heterocycles. The van der Waals surface area contributed by atoms with Crippen LogP contribution in [-0.4, -0.2) is 16.0 Å². The fourth-order valence-corrected chi connectivity index (χ4v) is 1.28. The molecule has 0 aliphatic heterocycles. The number of hydrogen-bond acceptors (Lipinski definition) is 4. The van der Waals surface area contributed by atoms with Crippen molar-refractivity contribution in [2.75, 3.05) is 11.1 Å². The molecule has 1 unspecified atom stereocenters. The van der Waals surface area contributed by atoms with Crippen molar-refractivity contribution < 1.29 is 0 Å². The third kappa shape index (κ3) is 2.81. The van der Waals surface area contributed by atoms with Gasteiger partial charge in [-0.1, -0.05) is 20.8 Å². The normalized spacial score (nSPS) is 12.9. The molecule has 1 heterocycles. The van der Waals surface area contributed by atoms with Crippen LogP contribution in [0.1, 0.15) is 33.3 Å². The Bertz CT molecular complexity index is 322. The third-order valence-corrected chi connectivity index (χ3v) is 2.70. The minimum atomic E-state index is 0.379. The van der Waals surface area contributed by atoms with E-state index in [9.17, 15) is 0 Å². The Morgan fingerprint density at radius 3 is 2.53 bits per heavy atom. The summed E-state index contributed by atoms with van der Waals surface area (Å²) in [5.41, 5.74) is 6.80. The predicted octanol–water partition coefficient (Wildman–Crippen LogP) is 2.08. The molecule has 0 spiro atoms. The van der Waals surface area contributed by atoms with Gasteiger partial charge in [-0.3, -0.25) is 0 Å². The summed E-state index contributed by atoms with van der Waals surface area (Å²) in [6, 6.07) is 0.379. The largest absolute Gasteiger partial charge is 0.383 e. The first-order valence-electron chi connectivity index (χ1n) is 5.42. The minimum absolute atomic E-state index is 0.379. The third-order valence-electron chi connectivity index (χ3n) is 2.70. The fourth-order valence-electron chi connectivity index (χ4n) is 1.28. The van der Waals surface area contributed by atoms with Crippen molar-refractivity contribution in [1.82, 2.24) is 9.97 Å². The molecule has 0 aromatic carbocycles. The van der Waals surface area contributed by atoms with Crippen LogP contribution in [0.15, 0.2) is 6.33 Å². The van der Waals surface area contributed by atoms with Crippen molar-refractivity contribution in [1.29, 1.82) is 0 Å². The van der Waals surface area contributed by atoms with Gasteiger partial charge in [-0.15, -0.1) is 0 Å². The van der Waals surface area contributed by atoms with Gasteiger partial charge in [0, 0.05) is 11.6 Å². The standard InChI is InChI=1S/C11H20N4/c1-5-9-10(12)13-6-14-11(9)15-8(4)7(2)3/h6-8H,5H2,1-4H3,(H3,12,13,14,15). The average molecular weight is 208 g/mol. The number of hydrogen-bond donors (Lipinski definition) is 2. The molecule has 0 fully saturated rings. The summed E-state index contributed by atoms with van der Waals surface area (Å²) < 4.78 is 0. The van der Waals surface area contributed by atoms with Gasteiger partial charge in [0.05, 0.1) is 0 Å². The maximum Gasteiger partial charge on any atom is 0.134 e. The topological polar surface area (TPSA) is 63.8 Å². The lowest BCUT2D eigenvalue weighted by atomic mass is 10.1. The van der Waals surface area contributed by atoms with Gasteiger partial charge in [-0.25, -0.2) is 9.97 Å². The Kier molecular flexibility index (Phi) is 3.88. The lowest BCUT2D eigenvalue weighted by molar-refractivity contribution is 0.557. The van der Waals surface area contributed by atoms with E-state index in [1.54, 1.807) is 0 Å². The number of nitrogens with two attached hydrogens (primary N) is 1. The molecule has 1 rings (SSSR count). The van der Waals surface area contributed by atoms with Crippen molar-refractivity contribution in [3.8, 4) is 0 Å². The van der Waals surface area contributed by atoms with E-state index in [1.165, 1.54) is 6.33 Å². The van der Waals surface area contributed by atoms with Crippen molar-refractivity contribution in [3.63, 3.8) is 0 Å². The average Bonchev–Trinajstić information content (AvgIpc) is 2.18. The van der Waals surface area contributed by atoms with E-state index in [0.29, 0.717) is 17.8 Å². The summed E-state index contributed by atoms with van der Waals surface area (Å²) in [6.07, 6.45) is 2.35. The molecule has 0 aliphatic carbocycles. The Hall–Kier alpha value is -1.32. The molecular weight excluding hydrogens is 188 g/mol. The second kappa shape index (κ2) is 4.96. The first-order valence-corrected chi connectivity index (χ1v) is 5.42. The number of anilines is 2. The van der Waals surface area contributed by atoms with Crippen molar-refractivity contribution >= 4 is 11.6 Å². The molecule has 84 valence electrons. The number of aromatic nitrogens is 2. The van der Waals surface area contributed by atoms with E-state index in [0.717, 1.165) is 17.8 Å². The summed E-state index contributed by atoms with van der Waals surface area (Å²) in [5, 5.41) is 3.37. The quantitative estimate of drug-likeness (QED) is 0.795. The van der Waals surface area contributed by atoms with Gasteiger partial charge in [0.1, 0.15) is 18.0 Å². The van der Waals surface area contributed by atoms with Crippen LogP contribution in [0.2, 0.25) is 0 Å². The number of rotatable bonds is 4. The van der Waals surface area contributed by atoms with Crippen LogP contribution in [0.5, 0.6) is 0 Å². The van der Waals surface area contributed by atoms with Crippen molar-refractivity contribution in [2.24, 2.45) is 5.92 Å². The molecule has 0 amide bonds. The van der Waals surface area contributed by atoms with E-state index >= 15 is 0 Å². The van der Waals surface area contributed by atoms with Gasteiger partial charge in [0.15, 0.2) is 0 Å². The summed E-state index contributed by atoms with van der Waals surface area (Å²) in [7, 11) is 0. The highest BCUT2D eigenvalue weighted by molar-refractivity contribution is 5.55. The monoisotopic (exact) mass is 208 g/mol. The van der Waals surface area contributed by atoms with Crippen LogP contribution in [0.25, 0.3) is 0 Å². The van der Waals surface area contributed by atoms with E-state index in [1.807, 2.05) is 0 Å². The van der Waals surface area contributed by atoms with Crippen LogP contribution in [-0.2, 0) is 6.42 Å². The van der Waals surface area contributed by atoms with Gasteiger partial charge in [-0.05, 0) is 19.3 Å². The smallest absolute Gasteiger partial charge is 0.134 e. The zero-order valence-electron chi connectivity index (χ0n) is 9.91. The molecule has 4 nitrogen and oxygen atoms in total. The fraction of sp³-hybridized carbons (Fsp3) is 0.636. The highest BCUT2D eigenvalue weighted by Crippen LogP contribution is 2.19. The lowest BCUT2D eigenvalue weighted by Crippen LogP contribution is -2.23. The molecule has 0 aliphatic rings. The van der Waals surface area contributed by atoms with Crippen LogP contribution in [0, 0.1) is 5.92 Å². The predicted molar refractivity (Wildman–Crippen MR) is 63.7 cm³/mol. The van der Waals surface area contributed by atoms with E-state index in [-0.39, 0.29) is 0 Å². The van der Waals surface area contributed by atoms with E-state index in [4.69, 9.17) is 5.73 Å². The lowest BCUT2D eigenvalue weighted by Gasteiger charge is -2.20. The minimum Gasteiger partial charge on any atom is -0.383 e. The summed E-state index contributed by atoms with van der Waals surface area (Å²) in [5.74, 6) is 2.00. The number of nitrogens with zero attached hydrogens (tertiary/aromatic N) is 2. The van der Waals surface area contributed by atoms with Crippen LogP contribution < -0.4 is 11.1 Å². The maximum absolute atomic E-state index is 5.79. The molecule has 15 heavy (non-hydrogen) atoms. The van der Waals surface area contributed by atoms with Gasteiger partial charge in [0.2, 0.25) is 0 Å². The molecule has 4 heteroatoms. The molecular formula is C11H20N4. The first kappa shape index (κ1) is 11.8. The number of nitrogens with one attached hydrogen (secondary N) is 1. The van der Waals surface area contributed by atoms with Crippen molar-refractivity contribution in [3.05, 3.63) is 11.9 Å². The van der Waals surface area contributed by atoms with Gasteiger partial charge in [0.25, 0.3) is 0 Å². The van der Waals surface area contributed by atoms with Gasteiger partial charge < -0.3 is 11.1 Å². The summed E-state index contributed by atoms with van der Waals surface area (Å²) >= 11 is 0. The second-order valence-corrected chi connectivity index (χ2v) is 4.12. The number of nitrogen functional groups attached to an aromatic ring is 1. The first-order chi connectivity index (χ1) is 7.06. The van der Waals surface area contributed by atoms with Crippen molar-refractivity contribution in [2.45, 2.75) is 40.2 Å².